The van der Waals surface area contributed by atoms with Gasteiger partial charge in [0.15, 0.2) is 0 Å². The van der Waals surface area contributed by atoms with Crippen molar-refractivity contribution in [2.24, 2.45) is 0 Å². The molecule has 7 heteroatoms. The van der Waals surface area contributed by atoms with Gasteiger partial charge in [-0.2, -0.15) is 0 Å². The molecule has 5 nitrogen and oxygen atoms in total. The number of hydrogen-bond donors (Lipinski definition) is 1. The molecule has 2 fully saturated rings. The second-order valence-electron chi connectivity index (χ2n) is 6.79. The van der Waals surface area contributed by atoms with Gasteiger partial charge in [-0.3, -0.25) is 9.69 Å². The van der Waals surface area contributed by atoms with Crippen LogP contribution in [0.2, 0.25) is 0 Å². The lowest BCUT2D eigenvalue weighted by Gasteiger charge is -2.41. The highest BCUT2D eigenvalue weighted by Gasteiger charge is 2.34. The molecule has 0 aromatic heterocycles. The Morgan fingerprint density at radius 2 is 1.72 bits per heavy atom. The molecule has 0 radical (unpaired) electrons. The molecule has 0 saturated carbocycles. The van der Waals surface area contributed by atoms with Gasteiger partial charge < -0.3 is 15.1 Å². The molecule has 2 heterocycles. The zero-order chi connectivity index (χ0) is 16.2. The highest BCUT2D eigenvalue weighted by Crippen LogP contribution is 2.25. The molecule has 2 saturated heterocycles. The zero-order valence-electron chi connectivity index (χ0n) is 15.1. The topological polar surface area (TPSA) is 38.8 Å². The SMILES string of the molecule is CC1CN(C(=O)C(c2ccccc2)N2CCN(C)CC2)CCN1.Cl.Cl. The highest BCUT2D eigenvalue weighted by molar-refractivity contribution is 5.85. The fraction of sp³-hybridized carbons (Fsp3) is 0.611. The summed E-state index contributed by atoms with van der Waals surface area (Å²) in [5.41, 5.74) is 1.12. The monoisotopic (exact) mass is 388 g/mol. The van der Waals surface area contributed by atoms with Crippen LogP contribution >= 0.6 is 24.8 Å². The summed E-state index contributed by atoms with van der Waals surface area (Å²) in [4.78, 5) is 20.0. The largest absolute Gasteiger partial charge is 0.338 e. The van der Waals surface area contributed by atoms with Crippen LogP contribution in [-0.4, -0.2) is 79.5 Å². The van der Waals surface area contributed by atoms with Crippen molar-refractivity contribution < 1.29 is 4.79 Å². The van der Waals surface area contributed by atoms with Gasteiger partial charge in [0, 0.05) is 51.9 Å². The van der Waals surface area contributed by atoms with Gasteiger partial charge in [0.25, 0.3) is 0 Å². The van der Waals surface area contributed by atoms with E-state index in [0.29, 0.717) is 6.04 Å². The molecule has 1 aromatic carbocycles. The van der Waals surface area contributed by atoms with Crippen LogP contribution < -0.4 is 5.32 Å². The molecule has 2 unspecified atom stereocenters. The van der Waals surface area contributed by atoms with E-state index in [1.165, 1.54) is 0 Å². The lowest BCUT2D eigenvalue weighted by Crippen LogP contribution is -2.56. The van der Waals surface area contributed by atoms with Gasteiger partial charge in [-0.15, -0.1) is 24.8 Å². The Kier molecular flexibility index (Phi) is 9.17. The summed E-state index contributed by atoms with van der Waals surface area (Å²) < 4.78 is 0. The summed E-state index contributed by atoms with van der Waals surface area (Å²) in [7, 11) is 2.15. The third-order valence-electron chi connectivity index (χ3n) is 4.93. The maximum Gasteiger partial charge on any atom is 0.244 e. The molecule has 1 N–H and O–H groups in total. The third kappa shape index (κ3) is 5.56. The van der Waals surface area contributed by atoms with Crippen LogP contribution in [0.3, 0.4) is 0 Å². The van der Waals surface area contributed by atoms with Crippen molar-refractivity contribution in [1.29, 1.82) is 0 Å². The Morgan fingerprint density at radius 1 is 1.08 bits per heavy atom. The van der Waals surface area contributed by atoms with Gasteiger partial charge >= 0.3 is 0 Å². The Morgan fingerprint density at radius 3 is 2.32 bits per heavy atom. The molecule has 142 valence electrons. The molecule has 2 aliphatic heterocycles. The molecular weight excluding hydrogens is 359 g/mol. The number of nitrogens with one attached hydrogen (secondary N) is 1. The summed E-state index contributed by atoms with van der Waals surface area (Å²) in [5, 5.41) is 3.42. The number of halogens is 2. The van der Waals surface area contributed by atoms with E-state index in [4.69, 9.17) is 0 Å². The first kappa shape index (κ1) is 22.2. The molecule has 0 aliphatic carbocycles. The Balaban J connectivity index is 0.00000156. The van der Waals surface area contributed by atoms with E-state index >= 15 is 0 Å². The minimum Gasteiger partial charge on any atom is -0.338 e. The van der Waals surface area contributed by atoms with E-state index < -0.39 is 0 Å². The predicted molar refractivity (Wildman–Crippen MR) is 107 cm³/mol. The van der Waals surface area contributed by atoms with Crippen molar-refractivity contribution in [2.75, 3.05) is 52.9 Å². The van der Waals surface area contributed by atoms with Crippen LogP contribution in [0.1, 0.15) is 18.5 Å². The van der Waals surface area contributed by atoms with Crippen molar-refractivity contribution >= 4 is 30.7 Å². The molecule has 25 heavy (non-hydrogen) atoms. The molecule has 0 bridgehead atoms. The first-order valence-electron chi connectivity index (χ1n) is 8.65. The molecule has 1 aromatic rings. The minimum absolute atomic E-state index is 0. The van der Waals surface area contributed by atoms with E-state index in [-0.39, 0.29) is 36.8 Å². The van der Waals surface area contributed by atoms with Crippen molar-refractivity contribution in [1.82, 2.24) is 20.0 Å². The van der Waals surface area contributed by atoms with E-state index in [0.717, 1.165) is 51.4 Å². The Labute approximate surface area is 163 Å². The van der Waals surface area contributed by atoms with Crippen LogP contribution in [0, 0.1) is 0 Å². The fourth-order valence-electron chi connectivity index (χ4n) is 3.53. The van der Waals surface area contributed by atoms with E-state index in [2.05, 4.69) is 41.2 Å². The van der Waals surface area contributed by atoms with Crippen LogP contribution in [0.5, 0.6) is 0 Å². The summed E-state index contributed by atoms with van der Waals surface area (Å²) in [5.74, 6) is 0.258. The second-order valence-corrected chi connectivity index (χ2v) is 6.79. The zero-order valence-corrected chi connectivity index (χ0v) is 16.7. The number of piperazine rings is 2. The third-order valence-corrected chi connectivity index (χ3v) is 4.93. The Hall–Kier alpha value is -0.850. The highest BCUT2D eigenvalue weighted by atomic mass is 35.5. The smallest absolute Gasteiger partial charge is 0.244 e. The number of rotatable bonds is 3. The summed E-state index contributed by atoms with van der Waals surface area (Å²) in [6.07, 6.45) is 0. The van der Waals surface area contributed by atoms with Gasteiger partial charge in [-0.1, -0.05) is 30.3 Å². The number of benzene rings is 1. The summed E-state index contributed by atoms with van der Waals surface area (Å²) in [6.45, 7) is 8.58. The quantitative estimate of drug-likeness (QED) is 0.853. The van der Waals surface area contributed by atoms with Crippen molar-refractivity contribution in [3.63, 3.8) is 0 Å². The maximum atomic E-state index is 13.3. The van der Waals surface area contributed by atoms with E-state index in [9.17, 15) is 4.79 Å². The van der Waals surface area contributed by atoms with Crippen LogP contribution in [0.4, 0.5) is 0 Å². The van der Waals surface area contributed by atoms with Gasteiger partial charge in [0.1, 0.15) is 6.04 Å². The normalized spacial score (nSPS) is 23.3. The average Bonchev–Trinajstić information content (AvgIpc) is 2.58. The molecule has 2 atom stereocenters. The van der Waals surface area contributed by atoms with Crippen LogP contribution in [0.15, 0.2) is 30.3 Å². The van der Waals surface area contributed by atoms with Gasteiger partial charge in [-0.05, 0) is 19.5 Å². The van der Waals surface area contributed by atoms with Crippen molar-refractivity contribution in [3.8, 4) is 0 Å². The van der Waals surface area contributed by atoms with Crippen molar-refractivity contribution in [3.05, 3.63) is 35.9 Å². The number of amides is 1. The predicted octanol–water partition coefficient (Wildman–Crippen LogP) is 1.64. The minimum atomic E-state index is -0.143. The Bertz CT molecular complexity index is 523. The number of hydrogen-bond acceptors (Lipinski definition) is 4. The summed E-state index contributed by atoms with van der Waals surface area (Å²) in [6, 6.07) is 10.5. The first-order valence-corrected chi connectivity index (χ1v) is 8.65. The van der Waals surface area contributed by atoms with E-state index in [1.54, 1.807) is 0 Å². The number of carbonyl (C=O) groups excluding carboxylic acids is 1. The second kappa shape index (κ2) is 10.3. The van der Waals surface area contributed by atoms with Gasteiger partial charge in [0.05, 0.1) is 0 Å². The number of carbonyl (C=O) groups is 1. The number of likely N-dealkylation sites (N-methyl/N-ethyl adjacent to an activating group) is 1. The number of nitrogens with zero attached hydrogens (tertiary/aromatic N) is 3. The molecule has 2 aliphatic rings. The van der Waals surface area contributed by atoms with Gasteiger partial charge in [-0.25, -0.2) is 0 Å². The van der Waals surface area contributed by atoms with Gasteiger partial charge in [0.2, 0.25) is 5.91 Å². The standard InChI is InChI=1S/C18H28N4O.2ClH/c1-15-14-22(9-8-19-15)18(23)17(16-6-4-3-5-7-16)21-12-10-20(2)11-13-21;;/h3-7,15,17,19H,8-14H2,1-2H3;2*1H. The van der Waals surface area contributed by atoms with Crippen molar-refractivity contribution in [2.45, 2.75) is 19.0 Å². The van der Waals surface area contributed by atoms with Crippen LogP contribution in [-0.2, 0) is 4.79 Å². The lowest BCUT2D eigenvalue weighted by atomic mass is 10.0. The van der Waals surface area contributed by atoms with E-state index in [1.807, 2.05) is 23.1 Å². The molecule has 3 rings (SSSR count). The summed E-state index contributed by atoms with van der Waals surface area (Å²) >= 11 is 0. The average molecular weight is 389 g/mol. The first-order chi connectivity index (χ1) is 11.1. The van der Waals surface area contributed by atoms with Crippen LogP contribution in [0.25, 0.3) is 0 Å². The lowest BCUT2D eigenvalue weighted by molar-refractivity contribution is -0.139. The maximum absolute atomic E-state index is 13.3. The molecule has 1 amide bonds. The fourth-order valence-corrected chi connectivity index (χ4v) is 3.53. The molecule has 0 spiro atoms. The molecular formula is C18H30Cl2N4O.